The van der Waals surface area contributed by atoms with Crippen molar-refractivity contribution in [2.75, 3.05) is 26.2 Å². The van der Waals surface area contributed by atoms with Crippen molar-refractivity contribution in [1.82, 2.24) is 10.2 Å². The Labute approximate surface area is 120 Å². The highest BCUT2D eigenvalue weighted by Gasteiger charge is 2.32. The molecule has 1 heterocycles. The molecule has 0 spiro atoms. The summed E-state index contributed by atoms with van der Waals surface area (Å²) in [6.45, 7) is 2.64. The molecule has 2 N–H and O–H groups in total. The number of carbonyl (C=O) groups is 1. The third-order valence-electron chi connectivity index (χ3n) is 3.53. The van der Waals surface area contributed by atoms with Gasteiger partial charge in [0, 0.05) is 19.6 Å². The van der Waals surface area contributed by atoms with Gasteiger partial charge in [0.05, 0.1) is 5.56 Å². The van der Waals surface area contributed by atoms with Gasteiger partial charge in [-0.3, -0.25) is 9.69 Å². The van der Waals surface area contributed by atoms with E-state index in [1.54, 1.807) is 4.90 Å². The first kappa shape index (κ1) is 15.8. The van der Waals surface area contributed by atoms with Crippen LogP contribution >= 0.6 is 0 Å². The Morgan fingerprint density at radius 3 is 2.43 bits per heavy atom. The molecule has 0 aliphatic carbocycles. The van der Waals surface area contributed by atoms with Gasteiger partial charge in [0.2, 0.25) is 0 Å². The maximum absolute atomic E-state index is 12.6. The van der Waals surface area contributed by atoms with E-state index in [2.05, 4.69) is 5.32 Å². The highest BCUT2D eigenvalue weighted by Crippen LogP contribution is 2.31. The molecule has 1 unspecified atom stereocenters. The van der Waals surface area contributed by atoms with Crippen molar-refractivity contribution in [3.8, 4) is 0 Å². The highest BCUT2D eigenvalue weighted by atomic mass is 19.4. The fourth-order valence-corrected chi connectivity index (χ4v) is 2.49. The van der Waals surface area contributed by atoms with Gasteiger partial charge in [-0.25, -0.2) is 0 Å². The number of nitrogens with zero attached hydrogens (tertiary/aromatic N) is 1. The van der Waals surface area contributed by atoms with Crippen LogP contribution in [0.2, 0.25) is 0 Å². The summed E-state index contributed by atoms with van der Waals surface area (Å²) >= 11 is 0. The predicted molar refractivity (Wildman–Crippen MR) is 70.9 cm³/mol. The largest absolute Gasteiger partial charge is 0.480 e. The Morgan fingerprint density at radius 1 is 1.19 bits per heavy atom. The van der Waals surface area contributed by atoms with Crippen molar-refractivity contribution < 1.29 is 23.1 Å². The Kier molecular flexibility index (Phi) is 4.84. The quantitative estimate of drug-likeness (QED) is 0.898. The summed E-state index contributed by atoms with van der Waals surface area (Å²) in [5.74, 6) is -1.04. The van der Waals surface area contributed by atoms with E-state index in [9.17, 15) is 23.1 Å². The maximum Gasteiger partial charge on any atom is 0.416 e. The first-order chi connectivity index (χ1) is 9.89. The maximum atomic E-state index is 12.6. The van der Waals surface area contributed by atoms with Crippen molar-refractivity contribution in [3.63, 3.8) is 0 Å². The SMILES string of the molecule is O=C(O)C(c1ccc(C(F)(F)F)cc1)N1CCCNCC1. The molecular formula is C14H17F3N2O2. The average molecular weight is 302 g/mol. The van der Waals surface area contributed by atoms with Gasteiger partial charge in [-0.1, -0.05) is 12.1 Å². The minimum Gasteiger partial charge on any atom is -0.480 e. The number of rotatable bonds is 3. The van der Waals surface area contributed by atoms with Crippen LogP contribution in [0.5, 0.6) is 0 Å². The van der Waals surface area contributed by atoms with Crippen LogP contribution in [0, 0.1) is 0 Å². The Hall–Kier alpha value is -1.60. The lowest BCUT2D eigenvalue weighted by Crippen LogP contribution is -2.36. The summed E-state index contributed by atoms with van der Waals surface area (Å²) in [5, 5.41) is 12.6. The van der Waals surface area contributed by atoms with Crippen molar-refractivity contribution in [2.24, 2.45) is 0 Å². The average Bonchev–Trinajstić information content (AvgIpc) is 2.67. The highest BCUT2D eigenvalue weighted by molar-refractivity contribution is 5.75. The third-order valence-corrected chi connectivity index (χ3v) is 3.53. The summed E-state index contributed by atoms with van der Waals surface area (Å²) in [4.78, 5) is 13.3. The Balaban J connectivity index is 2.23. The molecule has 0 bridgehead atoms. The van der Waals surface area contributed by atoms with E-state index < -0.39 is 23.8 Å². The van der Waals surface area contributed by atoms with E-state index in [0.29, 0.717) is 25.2 Å². The fourth-order valence-electron chi connectivity index (χ4n) is 2.49. The topological polar surface area (TPSA) is 52.6 Å². The normalized spacial score (nSPS) is 19.0. The number of nitrogens with one attached hydrogen (secondary N) is 1. The van der Waals surface area contributed by atoms with E-state index in [1.807, 2.05) is 0 Å². The van der Waals surface area contributed by atoms with Crippen LogP contribution < -0.4 is 5.32 Å². The number of hydrogen-bond acceptors (Lipinski definition) is 3. The monoisotopic (exact) mass is 302 g/mol. The van der Waals surface area contributed by atoms with Crippen LogP contribution in [0.3, 0.4) is 0 Å². The molecule has 0 saturated carbocycles. The zero-order valence-electron chi connectivity index (χ0n) is 11.4. The standard InChI is InChI=1S/C14H17F3N2O2/c15-14(16,17)11-4-2-10(3-5-11)12(13(20)21)19-8-1-6-18-7-9-19/h2-5,12,18H,1,6-9H2,(H,20,21). The number of hydrogen-bond donors (Lipinski definition) is 2. The molecule has 1 atom stereocenters. The minimum absolute atomic E-state index is 0.373. The van der Waals surface area contributed by atoms with Gasteiger partial charge in [-0.05, 0) is 30.7 Å². The third kappa shape index (κ3) is 3.95. The number of benzene rings is 1. The second-order valence-electron chi connectivity index (χ2n) is 5.00. The molecule has 7 heteroatoms. The molecule has 1 aromatic rings. The second-order valence-corrected chi connectivity index (χ2v) is 5.00. The summed E-state index contributed by atoms with van der Waals surface area (Å²) in [7, 11) is 0. The fraction of sp³-hybridized carbons (Fsp3) is 0.500. The van der Waals surface area contributed by atoms with Crippen molar-refractivity contribution >= 4 is 5.97 Å². The first-order valence-electron chi connectivity index (χ1n) is 6.74. The van der Waals surface area contributed by atoms with Crippen molar-refractivity contribution in [1.29, 1.82) is 0 Å². The molecule has 2 rings (SSSR count). The van der Waals surface area contributed by atoms with Crippen LogP contribution in [-0.2, 0) is 11.0 Å². The molecule has 116 valence electrons. The lowest BCUT2D eigenvalue weighted by Gasteiger charge is -2.27. The van der Waals surface area contributed by atoms with Crippen LogP contribution in [0.4, 0.5) is 13.2 Å². The summed E-state index contributed by atoms with van der Waals surface area (Å²) < 4.78 is 37.7. The van der Waals surface area contributed by atoms with Crippen molar-refractivity contribution in [2.45, 2.75) is 18.6 Å². The lowest BCUT2D eigenvalue weighted by molar-refractivity contribution is -0.143. The smallest absolute Gasteiger partial charge is 0.416 e. The number of aliphatic carboxylic acids is 1. The Morgan fingerprint density at radius 2 is 1.86 bits per heavy atom. The van der Waals surface area contributed by atoms with E-state index in [-0.39, 0.29) is 0 Å². The van der Waals surface area contributed by atoms with Gasteiger partial charge in [0.1, 0.15) is 6.04 Å². The molecule has 0 amide bonds. The van der Waals surface area contributed by atoms with Gasteiger partial charge in [0.25, 0.3) is 0 Å². The van der Waals surface area contributed by atoms with Crippen LogP contribution in [0.25, 0.3) is 0 Å². The van der Waals surface area contributed by atoms with E-state index in [1.165, 1.54) is 12.1 Å². The molecule has 21 heavy (non-hydrogen) atoms. The van der Waals surface area contributed by atoms with E-state index >= 15 is 0 Å². The van der Waals surface area contributed by atoms with Crippen LogP contribution in [0.15, 0.2) is 24.3 Å². The van der Waals surface area contributed by atoms with E-state index in [4.69, 9.17) is 0 Å². The number of alkyl halides is 3. The number of carboxylic acids is 1. The van der Waals surface area contributed by atoms with Gasteiger partial charge >= 0.3 is 12.1 Å². The molecule has 0 aromatic heterocycles. The Bertz CT molecular complexity index is 480. The molecular weight excluding hydrogens is 285 g/mol. The summed E-state index contributed by atoms with van der Waals surface area (Å²) in [5.41, 5.74) is -0.398. The lowest BCUT2D eigenvalue weighted by atomic mass is 10.0. The predicted octanol–water partition coefficient (Wildman–Crippen LogP) is 2.13. The van der Waals surface area contributed by atoms with Gasteiger partial charge in [0.15, 0.2) is 0 Å². The van der Waals surface area contributed by atoms with Crippen molar-refractivity contribution in [3.05, 3.63) is 35.4 Å². The van der Waals surface area contributed by atoms with Gasteiger partial charge < -0.3 is 10.4 Å². The van der Waals surface area contributed by atoms with E-state index in [0.717, 1.165) is 25.1 Å². The first-order valence-corrected chi connectivity index (χ1v) is 6.74. The van der Waals surface area contributed by atoms with Gasteiger partial charge in [-0.15, -0.1) is 0 Å². The molecule has 0 radical (unpaired) electrons. The number of carboxylic acid groups (broad SMARTS) is 1. The minimum atomic E-state index is -4.41. The molecule has 1 aliphatic rings. The molecule has 1 aromatic carbocycles. The zero-order chi connectivity index (χ0) is 15.5. The second kappa shape index (κ2) is 6.44. The zero-order valence-corrected chi connectivity index (χ0v) is 11.4. The summed E-state index contributed by atoms with van der Waals surface area (Å²) in [6, 6.07) is 3.45. The van der Waals surface area contributed by atoms with Gasteiger partial charge in [-0.2, -0.15) is 13.2 Å². The number of halogens is 3. The van der Waals surface area contributed by atoms with Crippen LogP contribution in [-0.4, -0.2) is 42.2 Å². The molecule has 4 nitrogen and oxygen atoms in total. The van der Waals surface area contributed by atoms with Crippen LogP contribution in [0.1, 0.15) is 23.6 Å². The molecule has 1 aliphatic heterocycles. The molecule has 1 fully saturated rings. The summed E-state index contributed by atoms with van der Waals surface area (Å²) in [6.07, 6.45) is -3.60. The molecule has 1 saturated heterocycles.